The largest absolute Gasteiger partial charge is 0.465 e. The summed E-state index contributed by atoms with van der Waals surface area (Å²) in [6.07, 6.45) is 0. The molecule has 10 heteroatoms. The molecule has 0 aliphatic carbocycles. The molecule has 3 rings (SSSR count). The van der Waals surface area contributed by atoms with Crippen LogP contribution in [-0.2, 0) is 14.8 Å². The summed E-state index contributed by atoms with van der Waals surface area (Å²) >= 11 is 0. The maximum Gasteiger partial charge on any atom is 0.260 e. The molecule has 0 saturated carbocycles. The number of piperazine rings is 1. The van der Waals surface area contributed by atoms with Gasteiger partial charge in [0.15, 0.2) is 6.61 Å². The van der Waals surface area contributed by atoms with Crippen molar-refractivity contribution in [2.24, 2.45) is 0 Å². The van der Waals surface area contributed by atoms with Crippen LogP contribution in [0.2, 0.25) is 0 Å². The van der Waals surface area contributed by atoms with E-state index in [2.05, 4.69) is 5.16 Å². The fraction of sp³-hybridized carbons (Fsp3) is 0.375. The molecule has 0 radical (unpaired) electrons. The number of benzene rings is 1. The van der Waals surface area contributed by atoms with Crippen molar-refractivity contribution in [1.82, 2.24) is 14.4 Å². The van der Waals surface area contributed by atoms with Gasteiger partial charge in [-0.15, -0.1) is 0 Å². The minimum atomic E-state index is -3.93. The summed E-state index contributed by atoms with van der Waals surface area (Å²) in [6, 6.07) is 6.80. The van der Waals surface area contributed by atoms with Crippen molar-refractivity contribution in [3.8, 4) is 5.88 Å². The zero-order valence-corrected chi connectivity index (χ0v) is 14.9. The van der Waals surface area contributed by atoms with Gasteiger partial charge >= 0.3 is 0 Å². The van der Waals surface area contributed by atoms with E-state index < -0.39 is 15.8 Å². The molecule has 8 nitrogen and oxygen atoms in total. The van der Waals surface area contributed by atoms with Gasteiger partial charge in [0, 0.05) is 32.2 Å². The Labute approximate surface area is 150 Å². The quantitative estimate of drug-likeness (QED) is 0.766. The summed E-state index contributed by atoms with van der Waals surface area (Å²) in [5.74, 6) is -0.285. The highest BCUT2D eigenvalue weighted by Crippen LogP contribution is 2.20. The first-order valence-corrected chi connectivity index (χ1v) is 9.40. The van der Waals surface area contributed by atoms with Crippen LogP contribution in [0.1, 0.15) is 5.76 Å². The Morgan fingerprint density at radius 2 is 1.96 bits per heavy atom. The highest BCUT2D eigenvalue weighted by atomic mass is 32.2. The second-order valence-corrected chi connectivity index (χ2v) is 7.69. The minimum Gasteiger partial charge on any atom is -0.465 e. The Kier molecular flexibility index (Phi) is 5.23. The Bertz CT molecular complexity index is 891. The van der Waals surface area contributed by atoms with Gasteiger partial charge in [-0.1, -0.05) is 12.1 Å². The van der Waals surface area contributed by atoms with Crippen LogP contribution in [0.3, 0.4) is 0 Å². The number of carbonyl (C=O) groups is 1. The highest BCUT2D eigenvalue weighted by Gasteiger charge is 2.31. The van der Waals surface area contributed by atoms with Crippen molar-refractivity contribution in [2.75, 3.05) is 32.8 Å². The standard InChI is InChI=1S/C16H18FN3O5S/c1-12-10-15(18-25-12)24-11-16(21)19-6-8-20(9-7-19)26(22,23)14-5-3-2-4-13(14)17/h2-5,10H,6-9,11H2,1H3. The maximum atomic E-state index is 13.8. The van der Waals surface area contributed by atoms with Crippen molar-refractivity contribution >= 4 is 15.9 Å². The molecule has 0 spiro atoms. The zero-order valence-electron chi connectivity index (χ0n) is 14.1. The summed E-state index contributed by atoms with van der Waals surface area (Å²) in [5.41, 5.74) is 0. The van der Waals surface area contributed by atoms with Crippen LogP contribution in [0.15, 0.2) is 39.8 Å². The number of hydrogen-bond donors (Lipinski definition) is 0. The normalized spacial score (nSPS) is 15.8. The first-order chi connectivity index (χ1) is 12.4. The van der Waals surface area contributed by atoms with E-state index in [0.29, 0.717) is 5.76 Å². The molecular formula is C16H18FN3O5S. The van der Waals surface area contributed by atoms with Crippen molar-refractivity contribution in [3.63, 3.8) is 0 Å². The number of carbonyl (C=O) groups excluding carboxylic acids is 1. The molecule has 0 bridgehead atoms. The number of amides is 1. The number of halogens is 1. The summed E-state index contributed by atoms with van der Waals surface area (Å²) in [4.78, 5) is 13.3. The van der Waals surface area contributed by atoms with E-state index in [0.717, 1.165) is 6.07 Å². The van der Waals surface area contributed by atoms with Gasteiger partial charge in [-0.3, -0.25) is 4.79 Å². The predicted octanol–water partition coefficient (Wildman–Crippen LogP) is 1.03. The van der Waals surface area contributed by atoms with Crippen molar-refractivity contribution < 1.29 is 26.9 Å². The SMILES string of the molecule is Cc1cc(OCC(=O)N2CCN(S(=O)(=O)c3ccccc3F)CC2)no1. The maximum absolute atomic E-state index is 13.8. The Hall–Kier alpha value is -2.46. The van der Waals surface area contributed by atoms with Crippen LogP contribution in [0.5, 0.6) is 5.88 Å². The third-order valence-electron chi connectivity index (χ3n) is 4.00. The lowest BCUT2D eigenvalue weighted by Crippen LogP contribution is -2.51. The van der Waals surface area contributed by atoms with Gasteiger partial charge in [0.05, 0.1) is 0 Å². The minimum absolute atomic E-state index is 0.0888. The third kappa shape index (κ3) is 3.86. The van der Waals surface area contributed by atoms with E-state index in [4.69, 9.17) is 9.26 Å². The van der Waals surface area contributed by atoms with Gasteiger partial charge in [-0.25, -0.2) is 12.8 Å². The molecule has 140 valence electrons. The van der Waals surface area contributed by atoms with Crippen LogP contribution in [0.4, 0.5) is 4.39 Å². The molecule has 0 atom stereocenters. The van der Waals surface area contributed by atoms with E-state index in [-0.39, 0.29) is 49.5 Å². The Balaban J connectivity index is 1.57. The van der Waals surface area contributed by atoms with Gasteiger partial charge in [0.1, 0.15) is 16.5 Å². The monoisotopic (exact) mass is 383 g/mol. The molecule has 2 aromatic rings. The molecule has 1 aromatic heterocycles. The molecule has 1 fully saturated rings. The molecular weight excluding hydrogens is 365 g/mol. The van der Waals surface area contributed by atoms with E-state index in [1.807, 2.05) is 0 Å². The van der Waals surface area contributed by atoms with Gasteiger partial charge in [0.2, 0.25) is 10.0 Å². The number of sulfonamides is 1. The number of hydrogen-bond acceptors (Lipinski definition) is 6. The van der Waals surface area contributed by atoms with Crippen LogP contribution < -0.4 is 4.74 Å². The summed E-state index contributed by atoms with van der Waals surface area (Å²) in [5, 5.41) is 3.63. The van der Waals surface area contributed by atoms with Crippen LogP contribution in [0, 0.1) is 12.7 Å². The molecule has 1 aliphatic heterocycles. The van der Waals surface area contributed by atoms with Crippen LogP contribution in [-0.4, -0.2) is 61.5 Å². The van der Waals surface area contributed by atoms with Crippen molar-refractivity contribution in [3.05, 3.63) is 41.9 Å². The number of aryl methyl sites for hydroxylation is 1. The predicted molar refractivity (Wildman–Crippen MR) is 88.5 cm³/mol. The molecule has 0 unspecified atom stereocenters. The molecule has 0 N–H and O–H groups in total. The van der Waals surface area contributed by atoms with E-state index >= 15 is 0 Å². The summed E-state index contributed by atoms with van der Waals surface area (Å²) < 4.78 is 50.1. The second-order valence-electron chi connectivity index (χ2n) is 5.78. The first kappa shape index (κ1) is 18.3. The molecule has 2 heterocycles. The fourth-order valence-corrected chi connectivity index (χ4v) is 4.10. The van der Waals surface area contributed by atoms with E-state index in [9.17, 15) is 17.6 Å². The van der Waals surface area contributed by atoms with Gasteiger partial charge in [-0.05, 0) is 24.2 Å². The second kappa shape index (κ2) is 7.42. The lowest BCUT2D eigenvalue weighted by molar-refractivity contribution is -0.134. The molecule has 26 heavy (non-hydrogen) atoms. The molecule has 1 aliphatic rings. The van der Waals surface area contributed by atoms with E-state index in [1.165, 1.54) is 27.4 Å². The van der Waals surface area contributed by atoms with Crippen LogP contribution >= 0.6 is 0 Å². The molecule has 1 saturated heterocycles. The molecule has 1 amide bonds. The molecule has 1 aromatic carbocycles. The first-order valence-electron chi connectivity index (χ1n) is 7.96. The van der Waals surface area contributed by atoms with E-state index in [1.54, 1.807) is 13.0 Å². The number of rotatable bonds is 5. The average Bonchev–Trinajstić information content (AvgIpc) is 3.05. The van der Waals surface area contributed by atoms with Gasteiger partial charge in [0.25, 0.3) is 11.8 Å². The van der Waals surface area contributed by atoms with Crippen molar-refractivity contribution in [1.29, 1.82) is 0 Å². The lowest BCUT2D eigenvalue weighted by atomic mass is 10.3. The number of aromatic nitrogens is 1. The fourth-order valence-electron chi connectivity index (χ4n) is 2.61. The van der Waals surface area contributed by atoms with Gasteiger partial charge in [-0.2, -0.15) is 4.31 Å². The third-order valence-corrected chi connectivity index (χ3v) is 5.93. The summed E-state index contributed by atoms with van der Waals surface area (Å²) in [6.45, 7) is 2.07. The Morgan fingerprint density at radius 1 is 1.27 bits per heavy atom. The number of ether oxygens (including phenoxy) is 1. The average molecular weight is 383 g/mol. The lowest BCUT2D eigenvalue weighted by Gasteiger charge is -2.33. The topological polar surface area (TPSA) is 93.0 Å². The smallest absolute Gasteiger partial charge is 0.260 e. The zero-order chi connectivity index (χ0) is 18.7. The van der Waals surface area contributed by atoms with Crippen molar-refractivity contribution in [2.45, 2.75) is 11.8 Å². The Morgan fingerprint density at radius 3 is 2.58 bits per heavy atom. The van der Waals surface area contributed by atoms with Gasteiger partial charge < -0.3 is 14.2 Å². The number of nitrogens with zero attached hydrogens (tertiary/aromatic N) is 3. The summed E-state index contributed by atoms with van der Waals surface area (Å²) in [7, 11) is -3.93. The van der Waals surface area contributed by atoms with Crippen LogP contribution in [0.25, 0.3) is 0 Å². The highest BCUT2D eigenvalue weighted by molar-refractivity contribution is 7.89.